The van der Waals surface area contributed by atoms with E-state index in [9.17, 15) is 13.2 Å². The molecule has 0 unspecified atom stereocenters. The van der Waals surface area contributed by atoms with Crippen molar-refractivity contribution < 1.29 is 17.7 Å². The fourth-order valence-corrected chi connectivity index (χ4v) is 3.90. The molecule has 1 aromatic heterocycles. The number of hydrogen-bond donors (Lipinski definition) is 0. The normalized spacial score (nSPS) is 14.6. The van der Waals surface area contributed by atoms with Crippen LogP contribution in [0.1, 0.15) is 18.5 Å². The quantitative estimate of drug-likeness (QED) is 0.782. The van der Waals surface area contributed by atoms with Crippen molar-refractivity contribution >= 4 is 27.3 Å². The number of hydrogen-bond acceptors (Lipinski definition) is 5. The number of amides is 1. The lowest BCUT2D eigenvalue weighted by Gasteiger charge is -2.15. The minimum Gasteiger partial charge on any atom is -0.356 e. The summed E-state index contributed by atoms with van der Waals surface area (Å²) in [6.45, 7) is 0. The molecule has 1 aromatic carbocycles. The zero-order chi connectivity index (χ0) is 17.3. The number of nitrogens with zero attached hydrogens (tertiary/aromatic N) is 2. The van der Waals surface area contributed by atoms with E-state index in [1.165, 1.54) is 11.0 Å². The number of halogens is 1. The average Bonchev–Trinajstić information content (AvgIpc) is 3.27. The van der Waals surface area contributed by atoms with Gasteiger partial charge >= 0.3 is 0 Å². The van der Waals surface area contributed by atoms with Gasteiger partial charge in [0, 0.05) is 24.7 Å². The Morgan fingerprint density at radius 1 is 1.38 bits per heavy atom. The van der Waals surface area contributed by atoms with E-state index in [1.807, 2.05) is 0 Å². The molecule has 0 saturated heterocycles. The van der Waals surface area contributed by atoms with Gasteiger partial charge in [-0.15, -0.1) is 0 Å². The van der Waals surface area contributed by atoms with Gasteiger partial charge in [-0.1, -0.05) is 28.9 Å². The Hall–Kier alpha value is -1.86. The lowest BCUT2D eigenvalue weighted by molar-refractivity contribution is -0.127. The van der Waals surface area contributed by atoms with Crippen LogP contribution in [-0.2, 0) is 20.4 Å². The van der Waals surface area contributed by atoms with Crippen LogP contribution in [0.4, 0.5) is 0 Å². The van der Waals surface area contributed by atoms with E-state index in [0.717, 1.165) is 12.8 Å². The molecule has 1 aliphatic rings. The zero-order valence-corrected chi connectivity index (χ0v) is 14.7. The van der Waals surface area contributed by atoms with Crippen molar-refractivity contribution in [3.8, 4) is 11.3 Å². The fraction of sp³-hybridized carbons (Fsp3) is 0.375. The summed E-state index contributed by atoms with van der Waals surface area (Å²) in [4.78, 5) is 13.5. The van der Waals surface area contributed by atoms with E-state index in [4.69, 9.17) is 16.1 Å². The van der Waals surface area contributed by atoms with Crippen LogP contribution in [0.15, 0.2) is 34.9 Å². The van der Waals surface area contributed by atoms with Crippen molar-refractivity contribution in [2.24, 2.45) is 0 Å². The van der Waals surface area contributed by atoms with Gasteiger partial charge in [-0.05, 0) is 25.0 Å². The van der Waals surface area contributed by atoms with Gasteiger partial charge in [0.15, 0.2) is 15.6 Å². The average molecular weight is 369 g/mol. The molecule has 0 aliphatic heterocycles. The second-order valence-corrected chi connectivity index (χ2v) is 8.40. The number of benzene rings is 1. The molecule has 0 spiro atoms. The van der Waals surface area contributed by atoms with Crippen molar-refractivity contribution in [2.75, 3.05) is 12.8 Å². The molecule has 1 amide bonds. The maximum Gasteiger partial charge on any atom is 0.237 e. The monoisotopic (exact) mass is 368 g/mol. The predicted octanol–water partition coefficient (Wildman–Crippen LogP) is 2.53. The number of carbonyl (C=O) groups is 1. The molecule has 0 radical (unpaired) electrons. The first kappa shape index (κ1) is 17.0. The third kappa shape index (κ3) is 3.96. The summed E-state index contributed by atoms with van der Waals surface area (Å²) in [7, 11) is -1.97. The van der Waals surface area contributed by atoms with Crippen molar-refractivity contribution in [1.82, 2.24) is 10.1 Å². The molecule has 128 valence electrons. The maximum atomic E-state index is 12.2. The van der Waals surface area contributed by atoms with Gasteiger partial charge in [0.05, 0.1) is 16.5 Å². The highest BCUT2D eigenvalue weighted by molar-refractivity contribution is 7.91. The van der Waals surface area contributed by atoms with E-state index in [1.54, 1.807) is 31.3 Å². The van der Waals surface area contributed by atoms with Gasteiger partial charge in [-0.2, -0.15) is 0 Å². The van der Waals surface area contributed by atoms with Crippen molar-refractivity contribution in [1.29, 1.82) is 0 Å². The molecular weight excluding hydrogens is 352 g/mol. The summed E-state index contributed by atoms with van der Waals surface area (Å²) in [6, 6.07) is 8.78. The molecule has 24 heavy (non-hydrogen) atoms. The number of aromatic nitrogens is 1. The van der Waals surface area contributed by atoms with Crippen LogP contribution in [0.5, 0.6) is 0 Å². The molecule has 8 heteroatoms. The lowest BCUT2D eigenvalue weighted by atomic mass is 10.2. The minimum absolute atomic E-state index is 0.187. The SMILES string of the molecule is CN(C(=O)CS(=O)(=O)Cc1cc(-c2ccccc2Cl)on1)C1CC1. The summed E-state index contributed by atoms with van der Waals surface area (Å²) >= 11 is 6.08. The van der Waals surface area contributed by atoms with E-state index >= 15 is 0 Å². The van der Waals surface area contributed by atoms with Gasteiger partial charge in [-0.25, -0.2) is 8.42 Å². The van der Waals surface area contributed by atoms with Crippen LogP contribution in [0.25, 0.3) is 11.3 Å². The van der Waals surface area contributed by atoms with Gasteiger partial charge < -0.3 is 9.42 Å². The lowest BCUT2D eigenvalue weighted by Crippen LogP contribution is -2.34. The second-order valence-electron chi connectivity index (χ2n) is 5.93. The highest BCUT2D eigenvalue weighted by Crippen LogP contribution is 2.28. The van der Waals surface area contributed by atoms with Crippen LogP contribution in [0.3, 0.4) is 0 Å². The summed E-state index contributed by atoms with van der Waals surface area (Å²) < 4.78 is 29.6. The van der Waals surface area contributed by atoms with Crippen LogP contribution >= 0.6 is 11.6 Å². The molecule has 6 nitrogen and oxygen atoms in total. The van der Waals surface area contributed by atoms with Crippen molar-refractivity contribution in [2.45, 2.75) is 24.6 Å². The fourth-order valence-electron chi connectivity index (χ4n) is 2.40. The Balaban J connectivity index is 1.69. The van der Waals surface area contributed by atoms with E-state index in [-0.39, 0.29) is 23.4 Å². The van der Waals surface area contributed by atoms with Gasteiger partial charge in [0.1, 0.15) is 5.75 Å². The number of sulfone groups is 1. The highest BCUT2D eigenvalue weighted by Gasteiger charge is 2.31. The van der Waals surface area contributed by atoms with E-state index in [0.29, 0.717) is 16.3 Å². The Morgan fingerprint density at radius 3 is 2.75 bits per heavy atom. The smallest absolute Gasteiger partial charge is 0.237 e. The number of carbonyl (C=O) groups excluding carboxylic acids is 1. The third-order valence-electron chi connectivity index (χ3n) is 3.90. The first-order chi connectivity index (χ1) is 11.4. The molecule has 0 atom stereocenters. The Kier molecular flexibility index (Phi) is 4.64. The van der Waals surface area contributed by atoms with Gasteiger partial charge in [0.2, 0.25) is 5.91 Å². The Bertz CT molecular complexity index is 858. The van der Waals surface area contributed by atoms with Gasteiger partial charge in [-0.3, -0.25) is 4.79 Å². The predicted molar refractivity (Wildman–Crippen MR) is 90.2 cm³/mol. The summed E-state index contributed by atoms with van der Waals surface area (Å²) in [6.07, 6.45) is 1.87. The van der Waals surface area contributed by atoms with Crippen molar-refractivity contribution in [3.05, 3.63) is 41.0 Å². The topological polar surface area (TPSA) is 80.5 Å². The Labute approximate surface area is 145 Å². The largest absolute Gasteiger partial charge is 0.356 e. The van der Waals surface area contributed by atoms with Crippen LogP contribution < -0.4 is 0 Å². The zero-order valence-electron chi connectivity index (χ0n) is 13.1. The Morgan fingerprint density at radius 2 is 2.08 bits per heavy atom. The van der Waals surface area contributed by atoms with Crippen molar-refractivity contribution in [3.63, 3.8) is 0 Å². The third-order valence-corrected chi connectivity index (χ3v) is 5.65. The maximum absolute atomic E-state index is 12.2. The van der Waals surface area contributed by atoms with Crippen LogP contribution in [0.2, 0.25) is 5.02 Å². The number of rotatable bonds is 6. The van der Waals surface area contributed by atoms with Crippen LogP contribution in [0, 0.1) is 0 Å². The molecule has 1 saturated carbocycles. The standard InChI is InChI=1S/C16H17ClN2O4S/c1-19(12-6-7-12)16(20)10-24(21,22)9-11-8-15(23-18-11)13-4-2-3-5-14(13)17/h2-5,8,12H,6-7,9-10H2,1H3. The summed E-state index contributed by atoms with van der Waals surface area (Å²) in [5.41, 5.74) is 0.895. The van der Waals surface area contributed by atoms with E-state index < -0.39 is 15.6 Å². The molecule has 2 aromatic rings. The van der Waals surface area contributed by atoms with Crippen LogP contribution in [-0.4, -0.2) is 43.2 Å². The first-order valence-electron chi connectivity index (χ1n) is 7.52. The second kappa shape index (κ2) is 6.57. The molecule has 1 aliphatic carbocycles. The molecule has 1 fully saturated rings. The molecule has 0 N–H and O–H groups in total. The summed E-state index contributed by atoms with van der Waals surface area (Å²) in [5.74, 6) is -0.848. The van der Waals surface area contributed by atoms with E-state index in [2.05, 4.69) is 5.16 Å². The minimum atomic E-state index is -3.61. The molecule has 0 bridgehead atoms. The molecule has 3 rings (SSSR count). The molecule has 1 heterocycles. The summed E-state index contributed by atoms with van der Waals surface area (Å²) in [5, 5.41) is 4.27. The first-order valence-corrected chi connectivity index (χ1v) is 9.72. The molecular formula is C16H17ClN2O4S. The van der Waals surface area contributed by atoms with Gasteiger partial charge in [0.25, 0.3) is 0 Å². The highest BCUT2D eigenvalue weighted by atomic mass is 35.5.